The first kappa shape index (κ1) is 16.2. The number of nitrogens with zero attached hydrogens (tertiary/aromatic N) is 3. The van der Waals surface area contributed by atoms with E-state index in [9.17, 15) is 4.39 Å². The van der Waals surface area contributed by atoms with E-state index >= 15 is 0 Å². The maximum atomic E-state index is 13.9. The van der Waals surface area contributed by atoms with Crippen molar-refractivity contribution in [1.29, 1.82) is 0 Å². The molecule has 0 amide bonds. The molecule has 1 aliphatic rings. The van der Waals surface area contributed by atoms with Gasteiger partial charge in [-0.05, 0) is 32.4 Å². The molecule has 0 saturated heterocycles. The van der Waals surface area contributed by atoms with Gasteiger partial charge in [-0.2, -0.15) is 5.10 Å². The number of aromatic nitrogens is 2. The molecule has 116 valence electrons. The Hall–Kier alpha value is -2.21. The smallest absolute Gasteiger partial charge is 0.183 e. The number of rotatable bonds is 2. The fraction of sp³-hybridized carbons (Fsp3) is 0.267. The number of hydrogen-bond donors (Lipinski definition) is 2. The Labute approximate surface area is 133 Å². The summed E-state index contributed by atoms with van der Waals surface area (Å²) in [7, 11) is 0. The monoisotopic (exact) mass is 321 g/mol. The van der Waals surface area contributed by atoms with Crippen LogP contribution in [0.5, 0.6) is 0 Å². The highest BCUT2D eigenvalue weighted by atomic mass is 35.5. The largest absolute Gasteiger partial charge is 0.363 e. The average Bonchev–Trinajstić information content (AvgIpc) is 2.38. The Morgan fingerprint density at radius 3 is 2.77 bits per heavy atom. The standard InChI is InChI=1S/C15H17ClFN5/c1-9-5-10(16)6-19-20-7-11(9)13-18-8-12(17)14(21-13)22-15(2,3)4/h5-8,20H,1H2,2-4H3,(H,18,21,22)/b10-5+,11-7?,19-6-. The SMILES string of the molecule is C=C1/C=C(Cl)\C=N/NC=C1c1ncc(F)c(NC(C)(C)C)n1. The van der Waals surface area contributed by atoms with Gasteiger partial charge in [-0.15, -0.1) is 0 Å². The van der Waals surface area contributed by atoms with E-state index in [4.69, 9.17) is 11.6 Å². The molecule has 0 atom stereocenters. The van der Waals surface area contributed by atoms with E-state index in [1.807, 2.05) is 20.8 Å². The van der Waals surface area contributed by atoms with Gasteiger partial charge in [0.2, 0.25) is 0 Å². The van der Waals surface area contributed by atoms with Crippen LogP contribution in [0.4, 0.5) is 10.2 Å². The molecule has 0 fully saturated rings. The maximum Gasteiger partial charge on any atom is 0.183 e. The van der Waals surface area contributed by atoms with Gasteiger partial charge in [0.25, 0.3) is 0 Å². The van der Waals surface area contributed by atoms with Gasteiger partial charge in [0.15, 0.2) is 17.5 Å². The van der Waals surface area contributed by atoms with Gasteiger partial charge in [-0.1, -0.05) is 18.2 Å². The van der Waals surface area contributed by atoms with Crippen LogP contribution in [0.2, 0.25) is 0 Å². The first-order chi connectivity index (χ1) is 10.3. The summed E-state index contributed by atoms with van der Waals surface area (Å²) in [5, 5.41) is 7.30. The molecule has 2 rings (SSSR count). The van der Waals surface area contributed by atoms with Gasteiger partial charge in [0.1, 0.15) is 0 Å². The van der Waals surface area contributed by atoms with Crippen LogP contribution in [-0.4, -0.2) is 21.7 Å². The zero-order chi connectivity index (χ0) is 16.3. The van der Waals surface area contributed by atoms with Crippen LogP contribution in [-0.2, 0) is 0 Å². The zero-order valence-corrected chi connectivity index (χ0v) is 13.4. The van der Waals surface area contributed by atoms with E-state index in [0.29, 0.717) is 22.0 Å². The number of hydrazone groups is 1. The molecule has 5 nitrogen and oxygen atoms in total. The minimum Gasteiger partial charge on any atom is -0.363 e. The van der Waals surface area contributed by atoms with Crippen LogP contribution in [0, 0.1) is 5.82 Å². The molecule has 1 aliphatic heterocycles. The third kappa shape index (κ3) is 4.14. The van der Waals surface area contributed by atoms with Gasteiger partial charge >= 0.3 is 0 Å². The van der Waals surface area contributed by atoms with Gasteiger partial charge < -0.3 is 5.32 Å². The predicted octanol–water partition coefficient (Wildman–Crippen LogP) is 3.43. The molecule has 0 spiro atoms. The second kappa shape index (κ2) is 6.27. The fourth-order valence-electron chi connectivity index (χ4n) is 1.72. The molecule has 0 radical (unpaired) electrons. The molecule has 0 saturated carbocycles. The maximum absolute atomic E-state index is 13.9. The van der Waals surface area contributed by atoms with Crippen LogP contribution in [0.15, 0.2) is 40.8 Å². The lowest BCUT2D eigenvalue weighted by Gasteiger charge is -2.22. The molecule has 0 aliphatic carbocycles. The summed E-state index contributed by atoms with van der Waals surface area (Å²) in [6.45, 7) is 9.68. The quantitative estimate of drug-likeness (QED) is 0.876. The number of hydrogen-bond acceptors (Lipinski definition) is 5. The predicted molar refractivity (Wildman–Crippen MR) is 88.0 cm³/mol. The highest BCUT2D eigenvalue weighted by Gasteiger charge is 2.17. The van der Waals surface area contributed by atoms with Gasteiger partial charge in [-0.25, -0.2) is 14.4 Å². The summed E-state index contributed by atoms with van der Waals surface area (Å²) < 4.78 is 13.9. The fourth-order valence-corrected chi connectivity index (χ4v) is 1.90. The highest BCUT2D eigenvalue weighted by Crippen LogP contribution is 2.24. The van der Waals surface area contributed by atoms with Crippen molar-refractivity contribution in [3.05, 3.63) is 47.3 Å². The van der Waals surface area contributed by atoms with Crippen molar-refractivity contribution in [1.82, 2.24) is 15.4 Å². The third-order valence-corrected chi connectivity index (χ3v) is 2.81. The van der Waals surface area contributed by atoms with Gasteiger partial charge in [0, 0.05) is 17.3 Å². The lowest BCUT2D eigenvalue weighted by atomic mass is 10.1. The highest BCUT2D eigenvalue weighted by molar-refractivity contribution is 6.39. The summed E-state index contributed by atoms with van der Waals surface area (Å²) in [5.74, 6) is -0.0643. The minimum absolute atomic E-state index is 0.131. The lowest BCUT2D eigenvalue weighted by molar-refractivity contribution is 0.585. The first-order valence-corrected chi connectivity index (χ1v) is 7.00. The lowest BCUT2D eigenvalue weighted by Crippen LogP contribution is -2.27. The zero-order valence-electron chi connectivity index (χ0n) is 12.6. The Morgan fingerprint density at radius 1 is 1.36 bits per heavy atom. The number of nitrogens with one attached hydrogen (secondary N) is 2. The molecule has 22 heavy (non-hydrogen) atoms. The molecule has 2 heterocycles. The number of halogens is 2. The van der Waals surface area contributed by atoms with Crippen LogP contribution in [0.3, 0.4) is 0 Å². The average molecular weight is 322 g/mol. The topological polar surface area (TPSA) is 62.2 Å². The molecule has 0 unspecified atom stereocenters. The number of anilines is 1. The van der Waals surface area contributed by atoms with Crippen molar-refractivity contribution in [2.45, 2.75) is 26.3 Å². The third-order valence-electron chi connectivity index (χ3n) is 2.61. The van der Waals surface area contributed by atoms with Crippen LogP contribution in [0.1, 0.15) is 26.6 Å². The molecule has 1 aromatic heterocycles. The Morgan fingerprint density at radius 2 is 2.09 bits per heavy atom. The summed E-state index contributed by atoms with van der Waals surface area (Å²) in [6, 6.07) is 0. The van der Waals surface area contributed by atoms with Crippen molar-refractivity contribution >= 4 is 29.2 Å². The summed E-state index contributed by atoms with van der Waals surface area (Å²) in [5.41, 5.74) is 3.55. The molecule has 0 aromatic carbocycles. The van der Waals surface area contributed by atoms with E-state index in [-0.39, 0.29) is 11.4 Å². The summed E-state index contributed by atoms with van der Waals surface area (Å²) >= 11 is 5.96. The molecule has 7 heteroatoms. The van der Waals surface area contributed by atoms with Gasteiger partial charge in [0.05, 0.1) is 17.4 Å². The normalized spacial score (nSPS) is 19.2. The molecular weight excluding hydrogens is 305 g/mol. The summed E-state index contributed by atoms with van der Waals surface area (Å²) in [6.07, 6.45) is 5.81. The summed E-state index contributed by atoms with van der Waals surface area (Å²) in [4.78, 5) is 8.26. The molecule has 1 aromatic rings. The van der Waals surface area contributed by atoms with E-state index in [1.54, 1.807) is 12.3 Å². The van der Waals surface area contributed by atoms with E-state index in [0.717, 1.165) is 6.20 Å². The van der Waals surface area contributed by atoms with Crippen LogP contribution >= 0.6 is 11.6 Å². The van der Waals surface area contributed by atoms with Crippen LogP contribution in [0.25, 0.3) is 5.57 Å². The number of allylic oxidation sites excluding steroid dienone is 4. The van der Waals surface area contributed by atoms with E-state index in [1.165, 1.54) is 6.21 Å². The molecule has 0 bridgehead atoms. The van der Waals surface area contributed by atoms with Crippen molar-refractivity contribution in [3.63, 3.8) is 0 Å². The van der Waals surface area contributed by atoms with Crippen molar-refractivity contribution in [2.75, 3.05) is 5.32 Å². The molecular formula is C15H17ClFN5. The Kier molecular flexibility index (Phi) is 4.61. The van der Waals surface area contributed by atoms with Crippen molar-refractivity contribution in [3.8, 4) is 0 Å². The van der Waals surface area contributed by atoms with E-state index in [2.05, 4.69) is 32.4 Å². The second-order valence-corrected chi connectivity index (χ2v) is 6.20. The molecule has 2 N–H and O–H groups in total. The Bertz CT molecular complexity index is 686. The van der Waals surface area contributed by atoms with Crippen LogP contribution < -0.4 is 10.7 Å². The van der Waals surface area contributed by atoms with Crippen molar-refractivity contribution < 1.29 is 4.39 Å². The van der Waals surface area contributed by atoms with E-state index < -0.39 is 5.82 Å². The minimum atomic E-state index is -0.518. The van der Waals surface area contributed by atoms with Crippen molar-refractivity contribution in [2.24, 2.45) is 5.10 Å². The Balaban J connectivity index is 2.42. The first-order valence-electron chi connectivity index (χ1n) is 6.62. The second-order valence-electron chi connectivity index (χ2n) is 5.76. The van der Waals surface area contributed by atoms with Gasteiger partial charge in [-0.3, -0.25) is 5.43 Å².